The Bertz CT molecular complexity index is 537. The van der Waals surface area contributed by atoms with Crippen molar-refractivity contribution in [3.05, 3.63) is 35.4 Å². The quantitative estimate of drug-likeness (QED) is 0.785. The number of benzene rings is 1. The number of piperidine rings is 1. The van der Waals surface area contributed by atoms with Gasteiger partial charge in [0, 0.05) is 31.1 Å². The summed E-state index contributed by atoms with van der Waals surface area (Å²) < 4.78 is 0. The molecule has 1 fully saturated rings. The van der Waals surface area contributed by atoms with E-state index in [9.17, 15) is 9.59 Å². The van der Waals surface area contributed by atoms with Crippen molar-refractivity contribution in [1.29, 1.82) is 0 Å². The second kappa shape index (κ2) is 8.67. The fraction of sp³-hybridized carbons (Fsp3) is 0.556. The van der Waals surface area contributed by atoms with Crippen molar-refractivity contribution in [1.82, 2.24) is 15.5 Å². The maximum absolute atomic E-state index is 12.3. The lowest BCUT2D eigenvalue weighted by atomic mass is 10.0. The van der Waals surface area contributed by atoms with Gasteiger partial charge in [0.15, 0.2) is 0 Å². The molecule has 1 aliphatic heterocycles. The summed E-state index contributed by atoms with van der Waals surface area (Å²) in [6.45, 7) is 4.28. The first kappa shape index (κ1) is 17.5. The minimum atomic E-state index is -0.0121. The standard InChI is InChI=1S/C18H27N3O2/c1-14-6-3-4-7-16(14)18(23)20-15-9-12-21(13-10-15)17(22)8-5-11-19-2/h3-4,6-7,15,19H,5,8-13H2,1-2H3,(H,20,23). The van der Waals surface area contributed by atoms with Crippen molar-refractivity contribution in [2.75, 3.05) is 26.7 Å². The number of hydrogen-bond acceptors (Lipinski definition) is 3. The van der Waals surface area contributed by atoms with Gasteiger partial charge in [-0.1, -0.05) is 18.2 Å². The second-order valence-electron chi connectivity index (χ2n) is 6.15. The maximum Gasteiger partial charge on any atom is 0.251 e. The maximum atomic E-state index is 12.3. The zero-order chi connectivity index (χ0) is 16.7. The number of aryl methyl sites for hydroxylation is 1. The van der Waals surface area contributed by atoms with Gasteiger partial charge in [-0.2, -0.15) is 0 Å². The number of likely N-dealkylation sites (tertiary alicyclic amines) is 1. The normalized spacial score (nSPS) is 15.5. The summed E-state index contributed by atoms with van der Waals surface area (Å²) in [6, 6.07) is 7.77. The Labute approximate surface area is 138 Å². The van der Waals surface area contributed by atoms with Crippen molar-refractivity contribution in [3.63, 3.8) is 0 Å². The Morgan fingerprint density at radius 1 is 1.22 bits per heavy atom. The largest absolute Gasteiger partial charge is 0.349 e. The highest BCUT2D eigenvalue weighted by molar-refractivity contribution is 5.95. The lowest BCUT2D eigenvalue weighted by molar-refractivity contribution is -0.132. The van der Waals surface area contributed by atoms with Crippen LogP contribution in [0.4, 0.5) is 0 Å². The molecule has 23 heavy (non-hydrogen) atoms. The van der Waals surface area contributed by atoms with Crippen LogP contribution in [0.1, 0.15) is 41.6 Å². The van der Waals surface area contributed by atoms with E-state index < -0.39 is 0 Å². The Morgan fingerprint density at radius 3 is 2.57 bits per heavy atom. The van der Waals surface area contributed by atoms with Gasteiger partial charge in [0.2, 0.25) is 5.91 Å². The number of hydrogen-bond donors (Lipinski definition) is 2. The predicted molar refractivity (Wildman–Crippen MR) is 91.4 cm³/mol. The Kier molecular flexibility index (Phi) is 6.59. The van der Waals surface area contributed by atoms with Gasteiger partial charge in [0.05, 0.1) is 0 Å². The van der Waals surface area contributed by atoms with Crippen LogP contribution in [0.2, 0.25) is 0 Å². The number of carbonyl (C=O) groups excluding carboxylic acids is 2. The molecule has 1 saturated heterocycles. The monoisotopic (exact) mass is 317 g/mol. The highest BCUT2D eigenvalue weighted by Gasteiger charge is 2.24. The van der Waals surface area contributed by atoms with Crippen molar-refractivity contribution in [2.45, 2.75) is 38.6 Å². The Morgan fingerprint density at radius 2 is 1.91 bits per heavy atom. The lowest BCUT2D eigenvalue weighted by Crippen LogP contribution is -2.46. The fourth-order valence-corrected chi connectivity index (χ4v) is 2.94. The van der Waals surface area contributed by atoms with Crippen LogP contribution in [-0.4, -0.2) is 49.4 Å². The van der Waals surface area contributed by atoms with Crippen molar-refractivity contribution in [3.8, 4) is 0 Å². The first-order valence-electron chi connectivity index (χ1n) is 8.40. The van der Waals surface area contributed by atoms with Crippen LogP contribution in [0, 0.1) is 6.92 Å². The van der Waals surface area contributed by atoms with Crippen LogP contribution in [0.3, 0.4) is 0 Å². The Balaban J connectivity index is 1.77. The summed E-state index contributed by atoms with van der Waals surface area (Å²) >= 11 is 0. The van der Waals surface area contributed by atoms with E-state index in [4.69, 9.17) is 0 Å². The fourth-order valence-electron chi connectivity index (χ4n) is 2.94. The third-order valence-corrected chi connectivity index (χ3v) is 4.39. The van der Waals surface area contributed by atoms with E-state index in [1.54, 1.807) is 0 Å². The molecule has 2 rings (SSSR count). The molecule has 0 saturated carbocycles. The number of nitrogens with one attached hydrogen (secondary N) is 2. The van der Waals surface area contributed by atoms with Crippen molar-refractivity contribution < 1.29 is 9.59 Å². The predicted octanol–water partition coefficient (Wildman–Crippen LogP) is 1.72. The van der Waals surface area contributed by atoms with Gasteiger partial charge in [-0.3, -0.25) is 9.59 Å². The molecule has 1 aliphatic rings. The topological polar surface area (TPSA) is 61.4 Å². The molecular weight excluding hydrogens is 290 g/mol. The van der Waals surface area contributed by atoms with Crippen LogP contribution in [-0.2, 0) is 4.79 Å². The molecule has 0 spiro atoms. The molecule has 5 nitrogen and oxygen atoms in total. The van der Waals surface area contributed by atoms with Crippen molar-refractivity contribution >= 4 is 11.8 Å². The van der Waals surface area contributed by atoms with E-state index >= 15 is 0 Å². The zero-order valence-corrected chi connectivity index (χ0v) is 14.1. The zero-order valence-electron chi connectivity index (χ0n) is 14.1. The van der Waals surface area contributed by atoms with Crippen LogP contribution in [0.25, 0.3) is 0 Å². The average Bonchev–Trinajstić information content (AvgIpc) is 2.56. The van der Waals surface area contributed by atoms with Crippen LogP contribution >= 0.6 is 0 Å². The van der Waals surface area contributed by atoms with E-state index in [1.165, 1.54) is 0 Å². The lowest BCUT2D eigenvalue weighted by Gasteiger charge is -2.32. The number of rotatable bonds is 6. The first-order valence-corrected chi connectivity index (χ1v) is 8.40. The molecule has 0 unspecified atom stereocenters. The second-order valence-corrected chi connectivity index (χ2v) is 6.15. The molecule has 2 amide bonds. The van der Waals surface area contributed by atoms with Gasteiger partial charge in [0.25, 0.3) is 5.91 Å². The van der Waals surface area contributed by atoms with E-state index in [2.05, 4.69) is 10.6 Å². The van der Waals surface area contributed by atoms with Crippen molar-refractivity contribution in [2.24, 2.45) is 0 Å². The van der Waals surface area contributed by atoms with Crippen LogP contribution < -0.4 is 10.6 Å². The summed E-state index contributed by atoms with van der Waals surface area (Å²) in [4.78, 5) is 26.3. The van der Waals surface area contributed by atoms with E-state index in [0.29, 0.717) is 6.42 Å². The van der Waals surface area contributed by atoms with Crippen LogP contribution in [0.5, 0.6) is 0 Å². The molecule has 0 atom stereocenters. The molecule has 5 heteroatoms. The molecule has 1 aromatic carbocycles. The SMILES string of the molecule is CNCCCC(=O)N1CCC(NC(=O)c2ccccc2C)CC1. The molecule has 0 bridgehead atoms. The molecule has 1 aromatic rings. The van der Waals surface area contributed by atoms with Gasteiger partial charge < -0.3 is 15.5 Å². The summed E-state index contributed by atoms with van der Waals surface area (Å²) in [5, 5.41) is 6.16. The minimum absolute atomic E-state index is 0.0121. The molecular formula is C18H27N3O2. The van der Waals surface area contributed by atoms with Gasteiger partial charge in [-0.15, -0.1) is 0 Å². The number of nitrogens with zero attached hydrogens (tertiary/aromatic N) is 1. The third kappa shape index (κ3) is 5.06. The Hall–Kier alpha value is -1.88. The number of carbonyl (C=O) groups is 2. The first-order chi connectivity index (χ1) is 11.1. The summed E-state index contributed by atoms with van der Waals surface area (Å²) in [6.07, 6.45) is 3.13. The molecule has 126 valence electrons. The number of amides is 2. The minimum Gasteiger partial charge on any atom is -0.349 e. The van der Waals surface area contributed by atoms with E-state index in [-0.39, 0.29) is 17.9 Å². The molecule has 1 heterocycles. The summed E-state index contributed by atoms with van der Waals surface area (Å²) in [5.41, 5.74) is 1.72. The van der Waals surface area contributed by atoms with Gasteiger partial charge in [-0.25, -0.2) is 0 Å². The molecule has 0 aromatic heterocycles. The summed E-state index contributed by atoms with van der Waals surface area (Å²) in [5.74, 6) is 0.214. The highest BCUT2D eigenvalue weighted by atomic mass is 16.2. The molecule has 0 aliphatic carbocycles. The highest BCUT2D eigenvalue weighted by Crippen LogP contribution is 2.14. The van der Waals surface area contributed by atoms with Crippen LogP contribution in [0.15, 0.2) is 24.3 Å². The molecule has 0 radical (unpaired) electrons. The molecule has 2 N–H and O–H groups in total. The van der Waals surface area contributed by atoms with Gasteiger partial charge in [0.1, 0.15) is 0 Å². The summed E-state index contributed by atoms with van der Waals surface area (Å²) in [7, 11) is 1.90. The van der Waals surface area contributed by atoms with Gasteiger partial charge in [-0.05, 0) is 51.4 Å². The third-order valence-electron chi connectivity index (χ3n) is 4.39. The van der Waals surface area contributed by atoms with E-state index in [1.807, 2.05) is 43.1 Å². The van der Waals surface area contributed by atoms with Gasteiger partial charge >= 0.3 is 0 Å². The van der Waals surface area contributed by atoms with E-state index in [0.717, 1.165) is 50.0 Å². The average molecular weight is 317 g/mol. The smallest absolute Gasteiger partial charge is 0.251 e.